The first-order valence-electron chi connectivity index (χ1n) is 8.10. The minimum absolute atomic E-state index is 0.197. The van der Waals surface area contributed by atoms with Gasteiger partial charge >= 0.3 is 0 Å². The lowest BCUT2D eigenvalue weighted by Gasteiger charge is -2.24. The van der Waals surface area contributed by atoms with E-state index in [1.165, 1.54) is 12.7 Å². The molecule has 4 heterocycles. The Balaban J connectivity index is 1.75. The summed E-state index contributed by atoms with van der Waals surface area (Å²) in [6, 6.07) is 0. The number of rotatable bonds is 3. The van der Waals surface area contributed by atoms with Gasteiger partial charge in [-0.15, -0.1) is 0 Å². The summed E-state index contributed by atoms with van der Waals surface area (Å²) in [5.41, 5.74) is 0.210. The van der Waals surface area contributed by atoms with Gasteiger partial charge in [0.1, 0.15) is 12.2 Å². The maximum absolute atomic E-state index is 12.4. The molecular weight excluding hydrogens is 330 g/mol. The normalized spacial score (nSPS) is 30.5. The van der Waals surface area contributed by atoms with E-state index in [1.807, 2.05) is 6.92 Å². The standard InChI is InChI=1S/C15H19N5O5/c1-4-16-13(22)9-8-10(25-15(2,3)24-8)14(23-9)20-6-19-7-11(20)17-5-18-12(7)21/h5-6,8-10,14H,4H2,1-3H3,(H,16,22)(H,17,18,21)/t8-,9+,10-,14-/m1/s1. The monoisotopic (exact) mass is 349 g/mol. The first-order valence-corrected chi connectivity index (χ1v) is 8.10. The highest BCUT2D eigenvalue weighted by Gasteiger charge is 2.58. The number of fused-ring (bicyclic) bond motifs is 2. The van der Waals surface area contributed by atoms with Crippen LogP contribution < -0.4 is 10.9 Å². The fraction of sp³-hybridized carbons (Fsp3) is 0.600. The maximum Gasteiger partial charge on any atom is 0.278 e. The molecule has 0 spiro atoms. The Kier molecular flexibility index (Phi) is 3.63. The zero-order valence-corrected chi connectivity index (χ0v) is 14.1. The van der Waals surface area contributed by atoms with Gasteiger partial charge in [0, 0.05) is 6.54 Å². The van der Waals surface area contributed by atoms with E-state index in [9.17, 15) is 9.59 Å². The fourth-order valence-corrected chi connectivity index (χ4v) is 3.34. The molecule has 10 heteroatoms. The van der Waals surface area contributed by atoms with Crippen molar-refractivity contribution in [3.05, 3.63) is 23.0 Å². The second kappa shape index (κ2) is 5.61. The minimum Gasteiger partial charge on any atom is -0.354 e. The van der Waals surface area contributed by atoms with E-state index in [4.69, 9.17) is 14.2 Å². The van der Waals surface area contributed by atoms with Crippen LogP contribution in [-0.4, -0.2) is 56.1 Å². The molecule has 25 heavy (non-hydrogen) atoms. The number of nitrogens with zero attached hydrogens (tertiary/aromatic N) is 3. The number of carbonyl (C=O) groups excluding carboxylic acids is 1. The number of hydrogen-bond acceptors (Lipinski definition) is 7. The maximum atomic E-state index is 12.4. The van der Waals surface area contributed by atoms with Crippen molar-refractivity contribution in [1.29, 1.82) is 0 Å². The number of hydrogen-bond donors (Lipinski definition) is 2. The number of aromatic amines is 1. The SMILES string of the molecule is CCNC(=O)[C@H]1O[C@@H](n2cnc3c(=O)[nH]cnc32)[C@@H]2OC(C)(C)O[C@@H]21. The summed E-state index contributed by atoms with van der Waals surface area (Å²) in [5, 5.41) is 2.74. The van der Waals surface area contributed by atoms with Gasteiger partial charge in [-0.05, 0) is 20.8 Å². The number of imidazole rings is 1. The van der Waals surface area contributed by atoms with Crippen LogP contribution in [0.25, 0.3) is 11.2 Å². The molecule has 0 unspecified atom stereocenters. The molecule has 1 amide bonds. The van der Waals surface area contributed by atoms with Crippen molar-refractivity contribution in [3.63, 3.8) is 0 Å². The van der Waals surface area contributed by atoms with Crippen LogP contribution >= 0.6 is 0 Å². The van der Waals surface area contributed by atoms with Crippen LogP contribution in [0.1, 0.15) is 27.0 Å². The second-order valence-corrected chi connectivity index (χ2v) is 6.46. The van der Waals surface area contributed by atoms with Crippen LogP contribution in [0, 0.1) is 0 Å². The van der Waals surface area contributed by atoms with E-state index < -0.39 is 30.3 Å². The summed E-state index contributed by atoms with van der Waals surface area (Å²) in [6.07, 6.45) is 0.164. The Morgan fingerprint density at radius 1 is 1.36 bits per heavy atom. The number of ether oxygens (including phenoxy) is 3. The van der Waals surface area contributed by atoms with Crippen LogP contribution in [0.5, 0.6) is 0 Å². The Bertz CT molecular complexity index is 875. The third-order valence-electron chi connectivity index (χ3n) is 4.28. The zero-order chi connectivity index (χ0) is 17.8. The second-order valence-electron chi connectivity index (χ2n) is 6.46. The smallest absolute Gasteiger partial charge is 0.278 e. The predicted octanol–water partition coefficient (Wildman–Crippen LogP) is -0.327. The van der Waals surface area contributed by atoms with Gasteiger partial charge in [-0.1, -0.05) is 0 Å². The Morgan fingerprint density at radius 3 is 2.88 bits per heavy atom. The molecule has 2 aliphatic rings. The van der Waals surface area contributed by atoms with E-state index in [0.717, 1.165) is 0 Å². The van der Waals surface area contributed by atoms with E-state index >= 15 is 0 Å². The minimum atomic E-state index is -0.844. The number of likely N-dealkylation sites (N-methyl/N-ethyl adjacent to an activating group) is 1. The van der Waals surface area contributed by atoms with Gasteiger partial charge in [-0.3, -0.25) is 14.2 Å². The molecule has 10 nitrogen and oxygen atoms in total. The van der Waals surface area contributed by atoms with Gasteiger partial charge in [0.15, 0.2) is 29.3 Å². The summed E-state index contributed by atoms with van der Waals surface area (Å²) >= 11 is 0. The van der Waals surface area contributed by atoms with Crippen LogP contribution in [0.2, 0.25) is 0 Å². The van der Waals surface area contributed by atoms with E-state index in [0.29, 0.717) is 12.2 Å². The van der Waals surface area contributed by atoms with Gasteiger partial charge in [-0.25, -0.2) is 9.97 Å². The molecule has 2 N–H and O–H groups in total. The molecule has 2 fully saturated rings. The zero-order valence-electron chi connectivity index (χ0n) is 14.1. The first kappa shape index (κ1) is 16.2. The van der Waals surface area contributed by atoms with Crippen molar-refractivity contribution >= 4 is 17.1 Å². The molecule has 2 aromatic heterocycles. The van der Waals surface area contributed by atoms with Crippen LogP contribution in [-0.2, 0) is 19.0 Å². The van der Waals surface area contributed by atoms with Crippen molar-refractivity contribution in [3.8, 4) is 0 Å². The quantitative estimate of drug-likeness (QED) is 0.778. The van der Waals surface area contributed by atoms with Crippen LogP contribution in [0.4, 0.5) is 0 Å². The Hall–Kier alpha value is -2.30. The highest BCUT2D eigenvalue weighted by molar-refractivity contribution is 5.82. The molecular formula is C15H19N5O5. The molecule has 2 saturated heterocycles. The highest BCUT2D eigenvalue weighted by Crippen LogP contribution is 2.43. The molecule has 0 radical (unpaired) electrons. The lowest BCUT2D eigenvalue weighted by Crippen LogP contribution is -2.42. The van der Waals surface area contributed by atoms with Crippen molar-refractivity contribution in [2.75, 3.05) is 6.54 Å². The molecule has 0 aromatic carbocycles. The average Bonchev–Trinajstić information content (AvgIpc) is 3.18. The van der Waals surface area contributed by atoms with Gasteiger partial charge in [0.05, 0.1) is 12.7 Å². The third-order valence-corrected chi connectivity index (χ3v) is 4.28. The molecule has 0 aliphatic carbocycles. The summed E-state index contributed by atoms with van der Waals surface area (Å²) in [6.45, 7) is 5.88. The van der Waals surface area contributed by atoms with Crippen molar-refractivity contribution < 1.29 is 19.0 Å². The van der Waals surface area contributed by atoms with Crippen LogP contribution in [0.3, 0.4) is 0 Å². The average molecular weight is 349 g/mol. The molecule has 2 aromatic rings. The van der Waals surface area contributed by atoms with Crippen LogP contribution in [0.15, 0.2) is 17.4 Å². The molecule has 4 rings (SSSR count). The third kappa shape index (κ3) is 2.53. The molecule has 134 valence electrons. The van der Waals surface area contributed by atoms with Crippen molar-refractivity contribution in [2.45, 2.75) is 51.1 Å². The number of carbonyl (C=O) groups is 1. The van der Waals surface area contributed by atoms with Gasteiger partial charge in [0.2, 0.25) is 0 Å². The highest BCUT2D eigenvalue weighted by atomic mass is 16.8. The Labute approximate surface area is 142 Å². The first-order chi connectivity index (χ1) is 11.9. The summed E-state index contributed by atoms with van der Waals surface area (Å²) < 4.78 is 19.4. The number of nitrogens with one attached hydrogen (secondary N) is 2. The predicted molar refractivity (Wildman–Crippen MR) is 84.6 cm³/mol. The summed E-state index contributed by atoms with van der Waals surface area (Å²) in [7, 11) is 0. The topological polar surface area (TPSA) is 120 Å². The molecule has 0 bridgehead atoms. The fourth-order valence-electron chi connectivity index (χ4n) is 3.34. The van der Waals surface area contributed by atoms with Gasteiger partial charge in [0.25, 0.3) is 11.5 Å². The lowest BCUT2D eigenvalue weighted by molar-refractivity contribution is -0.197. The molecule has 0 saturated carbocycles. The van der Waals surface area contributed by atoms with E-state index in [2.05, 4.69) is 20.3 Å². The number of aromatic nitrogens is 4. The molecule has 4 atom stereocenters. The van der Waals surface area contributed by atoms with E-state index in [1.54, 1.807) is 18.4 Å². The lowest BCUT2D eigenvalue weighted by atomic mass is 10.1. The number of H-pyrrole nitrogens is 1. The van der Waals surface area contributed by atoms with Crippen molar-refractivity contribution in [1.82, 2.24) is 24.8 Å². The largest absolute Gasteiger partial charge is 0.354 e. The van der Waals surface area contributed by atoms with E-state index in [-0.39, 0.29) is 17.0 Å². The van der Waals surface area contributed by atoms with Crippen molar-refractivity contribution in [2.24, 2.45) is 0 Å². The van der Waals surface area contributed by atoms with Gasteiger partial charge < -0.3 is 24.5 Å². The molecule has 2 aliphatic heterocycles. The Morgan fingerprint density at radius 2 is 2.12 bits per heavy atom. The number of amides is 1. The summed E-state index contributed by atoms with van der Waals surface area (Å²) in [4.78, 5) is 35.0. The summed E-state index contributed by atoms with van der Waals surface area (Å²) in [5.74, 6) is -1.11. The van der Waals surface area contributed by atoms with Gasteiger partial charge in [-0.2, -0.15) is 0 Å².